The molecule has 1 aliphatic heterocycles. The third-order valence-corrected chi connectivity index (χ3v) is 5.65. The van der Waals surface area contributed by atoms with E-state index in [-0.39, 0.29) is 24.0 Å². The van der Waals surface area contributed by atoms with Gasteiger partial charge in [0.05, 0.1) is 12.1 Å². The van der Waals surface area contributed by atoms with Gasteiger partial charge in [0, 0.05) is 29.6 Å². The number of pyridine rings is 1. The van der Waals surface area contributed by atoms with Crippen LogP contribution in [0.3, 0.4) is 0 Å². The molecule has 1 saturated carbocycles. The van der Waals surface area contributed by atoms with Crippen molar-refractivity contribution in [2.24, 2.45) is 0 Å². The molecular weight excluding hydrogens is 378 g/mol. The summed E-state index contributed by atoms with van der Waals surface area (Å²) < 4.78 is 6.08. The lowest BCUT2D eigenvalue weighted by molar-refractivity contribution is -0.125. The number of hydrogen-bond donors (Lipinski definition) is 1. The SMILES string of the molecule is O=C(NC1CC1)[C@@H]1C[C@H](Oc2ccccc2)CN1C(=O)c1ccc2ncccc2c1. The topological polar surface area (TPSA) is 71.5 Å². The Balaban J connectivity index is 1.39. The first-order chi connectivity index (χ1) is 14.7. The van der Waals surface area contributed by atoms with Gasteiger partial charge < -0.3 is 15.0 Å². The Morgan fingerprint density at radius 3 is 2.67 bits per heavy atom. The van der Waals surface area contributed by atoms with E-state index in [0.29, 0.717) is 18.5 Å². The number of hydrogen-bond acceptors (Lipinski definition) is 4. The standard InChI is InChI=1S/C24H23N3O3/c28-23(26-18-9-10-18)22-14-20(30-19-6-2-1-3-7-19)15-27(22)24(29)17-8-11-21-16(13-17)5-4-12-25-21/h1-8,11-13,18,20,22H,9-10,14-15H2,(H,26,28)/t20-,22-/m0/s1. The fraction of sp³-hybridized carbons (Fsp3) is 0.292. The van der Waals surface area contributed by atoms with Crippen LogP contribution in [0.4, 0.5) is 0 Å². The van der Waals surface area contributed by atoms with Crippen LogP contribution >= 0.6 is 0 Å². The van der Waals surface area contributed by atoms with Crippen LogP contribution in [0, 0.1) is 0 Å². The molecule has 5 rings (SSSR count). The monoisotopic (exact) mass is 401 g/mol. The molecule has 2 aromatic carbocycles. The summed E-state index contributed by atoms with van der Waals surface area (Å²) in [5.74, 6) is 0.498. The van der Waals surface area contributed by atoms with Gasteiger partial charge in [-0.1, -0.05) is 24.3 Å². The normalized spacial score (nSPS) is 20.9. The fourth-order valence-corrected chi connectivity index (χ4v) is 3.95. The molecular formula is C24H23N3O3. The van der Waals surface area contributed by atoms with E-state index in [0.717, 1.165) is 29.5 Å². The smallest absolute Gasteiger partial charge is 0.254 e. The Bertz CT molecular complexity index is 1080. The highest BCUT2D eigenvalue weighted by Crippen LogP contribution is 2.27. The van der Waals surface area contributed by atoms with E-state index < -0.39 is 6.04 Å². The average molecular weight is 401 g/mol. The zero-order valence-corrected chi connectivity index (χ0v) is 16.5. The summed E-state index contributed by atoms with van der Waals surface area (Å²) in [7, 11) is 0. The van der Waals surface area contributed by atoms with E-state index >= 15 is 0 Å². The molecule has 0 radical (unpaired) electrons. The highest BCUT2D eigenvalue weighted by molar-refractivity contribution is 6.00. The molecule has 0 spiro atoms. The lowest BCUT2D eigenvalue weighted by atomic mass is 10.1. The zero-order chi connectivity index (χ0) is 20.5. The quantitative estimate of drug-likeness (QED) is 0.713. The van der Waals surface area contributed by atoms with E-state index in [4.69, 9.17) is 4.74 Å². The number of amides is 2. The number of nitrogens with one attached hydrogen (secondary N) is 1. The summed E-state index contributed by atoms with van der Waals surface area (Å²) in [5.41, 5.74) is 1.39. The minimum Gasteiger partial charge on any atom is -0.488 e. The van der Waals surface area contributed by atoms with Crippen molar-refractivity contribution in [3.8, 4) is 5.75 Å². The number of aromatic nitrogens is 1. The molecule has 0 bridgehead atoms. The van der Waals surface area contributed by atoms with Gasteiger partial charge in [0.25, 0.3) is 5.91 Å². The van der Waals surface area contributed by atoms with Gasteiger partial charge in [0.2, 0.25) is 5.91 Å². The zero-order valence-electron chi connectivity index (χ0n) is 16.5. The van der Waals surface area contributed by atoms with Crippen molar-refractivity contribution in [2.45, 2.75) is 37.5 Å². The van der Waals surface area contributed by atoms with Crippen molar-refractivity contribution in [2.75, 3.05) is 6.54 Å². The van der Waals surface area contributed by atoms with E-state index in [9.17, 15) is 9.59 Å². The molecule has 2 atom stereocenters. The summed E-state index contributed by atoms with van der Waals surface area (Å²) in [4.78, 5) is 32.2. The maximum atomic E-state index is 13.4. The molecule has 3 aromatic rings. The van der Waals surface area contributed by atoms with Crippen LogP contribution in [-0.2, 0) is 4.79 Å². The van der Waals surface area contributed by atoms with Crippen molar-refractivity contribution < 1.29 is 14.3 Å². The number of benzene rings is 2. The Kier molecular flexibility index (Phi) is 4.83. The molecule has 6 heteroatoms. The highest BCUT2D eigenvalue weighted by Gasteiger charge is 2.42. The maximum Gasteiger partial charge on any atom is 0.254 e. The number of nitrogens with zero attached hydrogens (tertiary/aromatic N) is 2. The van der Waals surface area contributed by atoms with Crippen LogP contribution in [0.2, 0.25) is 0 Å². The second-order valence-electron chi connectivity index (χ2n) is 7.96. The number of carbonyl (C=O) groups is 2. The summed E-state index contributed by atoms with van der Waals surface area (Å²) in [5, 5.41) is 3.95. The number of likely N-dealkylation sites (tertiary alicyclic amines) is 1. The van der Waals surface area contributed by atoms with Crippen molar-refractivity contribution in [3.05, 3.63) is 72.4 Å². The number of ether oxygens (including phenoxy) is 1. The molecule has 1 aliphatic carbocycles. The fourth-order valence-electron chi connectivity index (χ4n) is 3.95. The molecule has 1 saturated heterocycles. The average Bonchev–Trinajstić information content (AvgIpc) is 3.50. The molecule has 6 nitrogen and oxygen atoms in total. The van der Waals surface area contributed by atoms with Crippen LogP contribution in [0.1, 0.15) is 29.6 Å². The van der Waals surface area contributed by atoms with Gasteiger partial charge >= 0.3 is 0 Å². The summed E-state index contributed by atoms with van der Waals surface area (Å²) in [6.45, 7) is 0.377. The van der Waals surface area contributed by atoms with Crippen LogP contribution in [0.15, 0.2) is 66.9 Å². The van der Waals surface area contributed by atoms with E-state index in [1.807, 2.05) is 54.6 Å². The van der Waals surface area contributed by atoms with Gasteiger partial charge in [-0.2, -0.15) is 0 Å². The van der Waals surface area contributed by atoms with Gasteiger partial charge in [-0.15, -0.1) is 0 Å². The molecule has 1 N–H and O–H groups in total. The van der Waals surface area contributed by atoms with Crippen molar-refractivity contribution in [1.29, 1.82) is 0 Å². The molecule has 30 heavy (non-hydrogen) atoms. The molecule has 1 aromatic heterocycles. The Labute approximate surface area is 174 Å². The number of rotatable bonds is 5. The predicted octanol–water partition coefficient (Wildman–Crippen LogP) is 3.18. The Morgan fingerprint density at radius 2 is 1.87 bits per heavy atom. The minimum atomic E-state index is -0.531. The second kappa shape index (κ2) is 7.78. The predicted molar refractivity (Wildman–Crippen MR) is 113 cm³/mol. The molecule has 2 fully saturated rings. The van der Waals surface area contributed by atoms with Gasteiger partial charge in [0.15, 0.2) is 0 Å². The summed E-state index contributed by atoms with van der Waals surface area (Å²) in [6, 6.07) is 18.5. The van der Waals surface area contributed by atoms with Crippen molar-refractivity contribution in [3.63, 3.8) is 0 Å². The lowest BCUT2D eigenvalue weighted by Crippen LogP contribution is -2.46. The van der Waals surface area contributed by atoms with Crippen molar-refractivity contribution in [1.82, 2.24) is 15.2 Å². The number of fused-ring (bicyclic) bond motifs is 1. The Morgan fingerprint density at radius 1 is 1.03 bits per heavy atom. The van der Waals surface area contributed by atoms with Crippen LogP contribution in [-0.4, -0.2) is 46.4 Å². The first-order valence-corrected chi connectivity index (χ1v) is 10.4. The third kappa shape index (κ3) is 3.85. The van der Waals surface area contributed by atoms with Gasteiger partial charge in [-0.25, -0.2) is 0 Å². The van der Waals surface area contributed by atoms with Crippen LogP contribution in [0.25, 0.3) is 10.9 Å². The van der Waals surface area contributed by atoms with Gasteiger partial charge in [0.1, 0.15) is 17.9 Å². The summed E-state index contributed by atoms with van der Waals surface area (Å²) in [6.07, 6.45) is 4.00. The van der Waals surface area contributed by atoms with Crippen LogP contribution in [0.5, 0.6) is 5.75 Å². The third-order valence-electron chi connectivity index (χ3n) is 5.65. The first-order valence-electron chi connectivity index (χ1n) is 10.4. The number of carbonyl (C=O) groups excluding carboxylic acids is 2. The molecule has 152 valence electrons. The number of para-hydroxylation sites is 1. The molecule has 2 aliphatic rings. The molecule has 2 heterocycles. The summed E-state index contributed by atoms with van der Waals surface area (Å²) >= 11 is 0. The van der Waals surface area contributed by atoms with E-state index in [1.54, 1.807) is 17.2 Å². The van der Waals surface area contributed by atoms with Crippen LogP contribution < -0.4 is 10.1 Å². The molecule has 0 unspecified atom stereocenters. The van der Waals surface area contributed by atoms with Crippen molar-refractivity contribution >= 4 is 22.7 Å². The first kappa shape index (κ1) is 18.6. The maximum absolute atomic E-state index is 13.4. The minimum absolute atomic E-state index is 0.0903. The second-order valence-corrected chi connectivity index (χ2v) is 7.96. The Hall–Kier alpha value is -3.41. The molecule has 2 amide bonds. The highest BCUT2D eigenvalue weighted by atomic mass is 16.5. The lowest BCUT2D eigenvalue weighted by Gasteiger charge is -2.23. The van der Waals surface area contributed by atoms with E-state index in [1.165, 1.54) is 0 Å². The van der Waals surface area contributed by atoms with Gasteiger partial charge in [-0.05, 0) is 49.2 Å². The largest absolute Gasteiger partial charge is 0.488 e. The van der Waals surface area contributed by atoms with E-state index in [2.05, 4.69) is 10.3 Å². The van der Waals surface area contributed by atoms with Gasteiger partial charge in [-0.3, -0.25) is 14.6 Å².